The minimum atomic E-state index is 0. The monoisotopic (exact) mass is 260 g/mol. The van der Waals surface area contributed by atoms with Crippen LogP contribution in [0.15, 0.2) is 36.4 Å². The van der Waals surface area contributed by atoms with Gasteiger partial charge in [-0.25, -0.2) is 0 Å². The molecule has 0 heterocycles. The maximum atomic E-state index is 2.31. The number of fused-ring (bicyclic) bond motifs is 1. The summed E-state index contributed by atoms with van der Waals surface area (Å²) in [5, 5.41) is 2.71. The molecule has 0 fully saturated rings. The van der Waals surface area contributed by atoms with E-state index in [0.717, 1.165) is 0 Å². The lowest BCUT2D eigenvalue weighted by molar-refractivity contribution is 0.865. The minimum absolute atomic E-state index is 0. The zero-order valence-electron chi connectivity index (χ0n) is 10.6. The second kappa shape index (κ2) is 7.99. The Morgan fingerprint density at radius 1 is 0.579 bits per heavy atom. The van der Waals surface area contributed by atoms with Gasteiger partial charge in [-0.3, -0.25) is 0 Å². The van der Waals surface area contributed by atoms with E-state index in [2.05, 4.69) is 64.1 Å². The third-order valence-corrected chi connectivity index (χ3v) is 3.22. The fourth-order valence-corrected chi connectivity index (χ4v) is 2.00. The van der Waals surface area contributed by atoms with Crippen molar-refractivity contribution in [2.24, 2.45) is 0 Å². The van der Waals surface area contributed by atoms with E-state index >= 15 is 0 Å². The van der Waals surface area contributed by atoms with Gasteiger partial charge in [-0.2, -0.15) is 0 Å². The average molecular weight is 260 g/mol. The first-order valence-corrected chi connectivity index (χ1v) is 6.11. The first-order valence-electron chi connectivity index (χ1n) is 6.11. The fraction of sp³-hybridized carbons (Fsp3) is 0.474. The van der Waals surface area contributed by atoms with Crippen molar-refractivity contribution in [3.05, 3.63) is 47.5 Å². The lowest BCUT2D eigenvalue weighted by Crippen LogP contribution is -1.89. The van der Waals surface area contributed by atoms with E-state index in [1.807, 2.05) is 0 Å². The quantitative estimate of drug-likeness (QED) is 0.545. The van der Waals surface area contributed by atoms with Gasteiger partial charge in [0.25, 0.3) is 0 Å². The summed E-state index contributed by atoms with van der Waals surface area (Å²) in [5.74, 6) is 1.21. The molecule has 0 spiro atoms. The van der Waals surface area contributed by atoms with Crippen LogP contribution in [0.25, 0.3) is 10.8 Å². The van der Waals surface area contributed by atoms with Gasteiger partial charge in [-0.15, -0.1) is 0 Å². The summed E-state index contributed by atoms with van der Waals surface area (Å²) in [5.41, 5.74) is 2.84. The number of benzene rings is 2. The number of hydrogen-bond acceptors (Lipinski definition) is 0. The summed E-state index contributed by atoms with van der Waals surface area (Å²) in [6.07, 6.45) is 0. The third kappa shape index (κ3) is 4.38. The lowest BCUT2D eigenvalue weighted by atomic mass is 9.96. The van der Waals surface area contributed by atoms with Gasteiger partial charge < -0.3 is 0 Å². The molecule has 0 aromatic heterocycles. The topological polar surface area (TPSA) is 0 Å². The molecule has 0 heteroatoms. The molecule has 0 saturated carbocycles. The molecule has 0 aliphatic rings. The number of hydrogen-bond donors (Lipinski definition) is 0. The van der Waals surface area contributed by atoms with Gasteiger partial charge >= 0.3 is 0 Å². The molecule has 0 aliphatic carbocycles. The standard InChI is InChI=1S/C16H20.3CH4/c1-11(2)13-5-7-16-10-14(12(3)4)6-8-15(16)9-13;;;/h5-12H,1-4H3;3*1H4. The van der Waals surface area contributed by atoms with Gasteiger partial charge in [0, 0.05) is 0 Å². The van der Waals surface area contributed by atoms with Crippen LogP contribution >= 0.6 is 0 Å². The highest BCUT2D eigenvalue weighted by Crippen LogP contribution is 2.24. The highest BCUT2D eigenvalue weighted by Gasteiger charge is 2.03. The van der Waals surface area contributed by atoms with E-state index < -0.39 is 0 Å². The first-order chi connectivity index (χ1) is 7.58. The van der Waals surface area contributed by atoms with Crippen molar-refractivity contribution in [1.29, 1.82) is 0 Å². The Morgan fingerprint density at radius 3 is 1.16 bits per heavy atom. The van der Waals surface area contributed by atoms with E-state index in [4.69, 9.17) is 0 Å². The van der Waals surface area contributed by atoms with Crippen LogP contribution in [0.3, 0.4) is 0 Å². The Hall–Kier alpha value is -1.30. The normalized spacial score (nSPS) is 9.79. The Morgan fingerprint density at radius 2 is 0.895 bits per heavy atom. The van der Waals surface area contributed by atoms with Crippen molar-refractivity contribution >= 4 is 10.8 Å². The van der Waals surface area contributed by atoms with Gasteiger partial charge in [0.05, 0.1) is 0 Å². The lowest BCUT2D eigenvalue weighted by Gasteiger charge is -2.10. The van der Waals surface area contributed by atoms with Gasteiger partial charge in [0.2, 0.25) is 0 Å². The zero-order chi connectivity index (χ0) is 11.7. The second-order valence-electron chi connectivity index (χ2n) is 5.18. The Kier molecular flexibility index (Phi) is 8.42. The molecule has 0 amide bonds. The molecule has 0 aliphatic heterocycles. The third-order valence-electron chi connectivity index (χ3n) is 3.22. The maximum absolute atomic E-state index is 2.31. The van der Waals surface area contributed by atoms with Crippen LogP contribution in [0, 0.1) is 0 Å². The molecule has 0 bridgehead atoms. The molecule has 19 heavy (non-hydrogen) atoms. The summed E-state index contributed by atoms with van der Waals surface area (Å²) < 4.78 is 0. The van der Waals surface area contributed by atoms with Crippen LogP contribution < -0.4 is 0 Å². The zero-order valence-corrected chi connectivity index (χ0v) is 10.6. The van der Waals surface area contributed by atoms with Gasteiger partial charge in [-0.1, -0.05) is 86.4 Å². The molecule has 0 nitrogen and oxygen atoms in total. The maximum Gasteiger partial charge on any atom is -0.0181 e. The van der Waals surface area contributed by atoms with Gasteiger partial charge in [-0.05, 0) is 33.7 Å². The molecule has 0 N–H and O–H groups in total. The largest absolute Gasteiger partial charge is 0.0776 e. The van der Waals surface area contributed by atoms with Crippen molar-refractivity contribution in [2.75, 3.05) is 0 Å². The molecule has 108 valence electrons. The molecule has 2 aromatic carbocycles. The van der Waals surface area contributed by atoms with E-state index in [0.29, 0.717) is 11.8 Å². The molecular formula is C19H32. The van der Waals surface area contributed by atoms with Crippen LogP contribution in [0.4, 0.5) is 0 Å². The summed E-state index contributed by atoms with van der Waals surface area (Å²) in [7, 11) is 0. The highest BCUT2D eigenvalue weighted by atomic mass is 14.1. The summed E-state index contributed by atoms with van der Waals surface area (Å²) >= 11 is 0. The van der Waals surface area contributed by atoms with E-state index in [-0.39, 0.29) is 22.3 Å². The Balaban J connectivity index is 0. The van der Waals surface area contributed by atoms with Crippen LogP contribution in [0.2, 0.25) is 0 Å². The summed E-state index contributed by atoms with van der Waals surface area (Å²) in [6, 6.07) is 13.6. The predicted molar refractivity (Wildman–Crippen MR) is 92.3 cm³/mol. The van der Waals surface area contributed by atoms with Crippen LogP contribution in [-0.4, -0.2) is 0 Å². The molecule has 2 aromatic rings. The van der Waals surface area contributed by atoms with Crippen LogP contribution in [0.5, 0.6) is 0 Å². The predicted octanol–water partition coefficient (Wildman–Crippen LogP) is 6.99. The van der Waals surface area contributed by atoms with Crippen molar-refractivity contribution in [3.8, 4) is 0 Å². The summed E-state index contributed by atoms with van der Waals surface area (Å²) in [4.78, 5) is 0. The minimum Gasteiger partial charge on any atom is -0.0776 e. The van der Waals surface area contributed by atoms with Crippen LogP contribution in [-0.2, 0) is 0 Å². The van der Waals surface area contributed by atoms with E-state index in [1.165, 1.54) is 21.9 Å². The smallest absolute Gasteiger partial charge is 0.0181 e. The molecule has 2 rings (SSSR count). The van der Waals surface area contributed by atoms with Crippen molar-refractivity contribution < 1.29 is 0 Å². The van der Waals surface area contributed by atoms with Crippen molar-refractivity contribution in [1.82, 2.24) is 0 Å². The molecule has 0 unspecified atom stereocenters. The van der Waals surface area contributed by atoms with E-state index in [1.54, 1.807) is 0 Å². The van der Waals surface area contributed by atoms with Crippen LogP contribution in [0.1, 0.15) is 72.9 Å². The average Bonchev–Trinajstić information content (AvgIpc) is 2.27. The van der Waals surface area contributed by atoms with Crippen molar-refractivity contribution in [2.45, 2.75) is 61.8 Å². The van der Waals surface area contributed by atoms with E-state index in [9.17, 15) is 0 Å². The molecule has 0 radical (unpaired) electrons. The fourth-order valence-electron chi connectivity index (χ4n) is 2.00. The molecule has 0 saturated heterocycles. The second-order valence-corrected chi connectivity index (χ2v) is 5.18. The molecular weight excluding hydrogens is 228 g/mol. The number of rotatable bonds is 2. The summed E-state index contributed by atoms with van der Waals surface area (Å²) in [6.45, 7) is 8.96. The molecule has 0 atom stereocenters. The first kappa shape index (κ1) is 20.0. The Bertz CT molecular complexity index is 445. The Labute approximate surface area is 120 Å². The SMILES string of the molecule is C.C.C.CC(C)c1ccc2cc(C(C)C)ccc2c1. The van der Waals surface area contributed by atoms with Gasteiger partial charge in [0.15, 0.2) is 0 Å². The highest BCUT2D eigenvalue weighted by molar-refractivity contribution is 5.84. The van der Waals surface area contributed by atoms with Gasteiger partial charge in [0.1, 0.15) is 0 Å². The van der Waals surface area contributed by atoms with Crippen molar-refractivity contribution in [3.63, 3.8) is 0 Å².